The van der Waals surface area contributed by atoms with Crippen molar-refractivity contribution < 1.29 is 19.0 Å². The molecule has 0 unspecified atom stereocenters. The second kappa shape index (κ2) is 13.7. The molecule has 5 rings (SSSR count). The molecule has 3 heterocycles. The summed E-state index contributed by atoms with van der Waals surface area (Å²) >= 11 is 0. The summed E-state index contributed by atoms with van der Waals surface area (Å²) in [7, 11) is 1.63. The molecule has 1 aromatic carbocycles. The van der Waals surface area contributed by atoms with E-state index in [4.69, 9.17) is 19.9 Å². The number of morpholine rings is 1. The Morgan fingerprint density at radius 3 is 2.88 bits per heavy atom. The lowest BCUT2D eigenvalue weighted by Crippen LogP contribution is -2.37. The van der Waals surface area contributed by atoms with Crippen LogP contribution in [0.4, 0.5) is 17.2 Å². The van der Waals surface area contributed by atoms with Crippen LogP contribution < -0.4 is 25.8 Å². The van der Waals surface area contributed by atoms with Gasteiger partial charge in [0.2, 0.25) is 0 Å². The summed E-state index contributed by atoms with van der Waals surface area (Å²) in [6.45, 7) is 5.54. The lowest BCUT2D eigenvalue weighted by Gasteiger charge is -2.26. The minimum absolute atomic E-state index is 0.203. The zero-order chi connectivity index (χ0) is 28.4. The number of carbonyl (C=O) groups is 1. The molecule has 1 fully saturated rings. The average Bonchev–Trinajstić information content (AvgIpc) is 3.25. The number of benzene rings is 1. The van der Waals surface area contributed by atoms with Crippen molar-refractivity contribution in [3.8, 4) is 11.5 Å². The Labute approximate surface area is 239 Å². The van der Waals surface area contributed by atoms with E-state index in [1.165, 1.54) is 12.5 Å². The van der Waals surface area contributed by atoms with Crippen LogP contribution in [0.25, 0.3) is 10.9 Å². The van der Waals surface area contributed by atoms with Gasteiger partial charge in [0.15, 0.2) is 11.5 Å². The largest absolute Gasteiger partial charge is 0.493 e. The van der Waals surface area contributed by atoms with Crippen molar-refractivity contribution in [3.05, 3.63) is 72.4 Å². The van der Waals surface area contributed by atoms with Gasteiger partial charge in [0.05, 0.1) is 50.0 Å². The molecule has 214 valence electrons. The van der Waals surface area contributed by atoms with Gasteiger partial charge in [-0.1, -0.05) is 24.3 Å². The fraction of sp³-hybridized carbons (Fsp3) is 0.333. The number of hydrogen-bond donors (Lipinski definition) is 3. The lowest BCUT2D eigenvalue weighted by atomic mass is 10.1. The van der Waals surface area contributed by atoms with Crippen LogP contribution in [-0.2, 0) is 9.53 Å². The normalized spacial score (nSPS) is 15.5. The smallest absolute Gasteiger partial charge is 0.251 e. The van der Waals surface area contributed by atoms with E-state index in [0.29, 0.717) is 53.8 Å². The monoisotopic (exact) mass is 557 g/mol. The van der Waals surface area contributed by atoms with Gasteiger partial charge in [0.25, 0.3) is 5.91 Å². The molecular formula is C30H35N7O4. The van der Waals surface area contributed by atoms with Crippen LogP contribution >= 0.6 is 0 Å². The second-order valence-electron chi connectivity index (χ2n) is 9.71. The van der Waals surface area contributed by atoms with Crippen molar-refractivity contribution in [2.24, 2.45) is 0 Å². The van der Waals surface area contributed by atoms with Crippen LogP contribution in [-0.4, -0.2) is 78.9 Å². The number of anilines is 3. The highest BCUT2D eigenvalue weighted by Gasteiger charge is 2.14. The number of hydrogen-bond acceptors (Lipinski definition) is 10. The van der Waals surface area contributed by atoms with E-state index < -0.39 is 0 Å². The summed E-state index contributed by atoms with van der Waals surface area (Å²) < 4.78 is 17.1. The molecule has 1 aliphatic heterocycles. The third-order valence-electron chi connectivity index (χ3n) is 6.92. The fourth-order valence-corrected chi connectivity index (χ4v) is 4.64. The third kappa shape index (κ3) is 7.38. The topological polar surface area (TPSA) is 137 Å². The van der Waals surface area contributed by atoms with Gasteiger partial charge in [-0.2, -0.15) is 0 Å². The number of fused-ring (bicyclic) bond motifs is 1. The number of amides is 1. The van der Waals surface area contributed by atoms with Crippen LogP contribution in [0.3, 0.4) is 0 Å². The van der Waals surface area contributed by atoms with Gasteiger partial charge in [-0.05, 0) is 30.5 Å². The van der Waals surface area contributed by atoms with Crippen LogP contribution in [0.5, 0.6) is 11.5 Å². The minimum atomic E-state index is -0.203. The summed E-state index contributed by atoms with van der Waals surface area (Å²) in [5.74, 6) is 1.77. The van der Waals surface area contributed by atoms with E-state index in [9.17, 15) is 4.79 Å². The van der Waals surface area contributed by atoms with Crippen molar-refractivity contribution in [2.75, 3.05) is 69.5 Å². The molecule has 1 amide bonds. The van der Waals surface area contributed by atoms with Gasteiger partial charge in [0, 0.05) is 49.4 Å². The first-order chi connectivity index (χ1) is 20.1. The molecule has 1 aliphatic carbocycles. The zero-order valence-electron chi connectivity index (χ0n) is 23.1. The molecule has 4 N–H and O–H groups in total. The molecule has 0 bridgehead atoms. The molecule has 11 heteroatoms. The number of nitrogens with two attached hydrogens (primary N) is 1. The lowest BCUT2D eigenvalue weighted by molar-refractivity contribution is -0.112. The van der Waals surface area contributed by atoms with Crippen molar-refractivity contribution in [2.45, 2.75) is 12.8 Å². The van der Waals surface area contributed by atoms with E-state index in [0.717, 1.165) is 55.7 Å². The van der Waals surface area contributed by atoms with Gasteiger partial charge in [-0.15, -0.1) is 0 Å². The summed E-state index contributed by atoms with van der Waals surface area (Å²) in [5, 5.41) is 7.10. The number of methoxy groups -OCH3 is 1. The molecule has 2 aromatic heterocycles. The van der Waals surface area contributed by atoms with Crippen LogP contribution in [0.15, 0.2) is 72.4 Å². The quantitative estimate of drug-likeness (QED) is 0.300. The number of pyridine rings is 1. The molecule has 0 spiro atoms. The maximum absolute atomic E-state index is 12.8. The van der Waals surface area contributed by atoms with E-state index in [1.807, 2.05) is 36.4 Å². The van der Waals surface area contributed by atoms with Crippen LogP contribution in [0.2, 0.25) is 0 Å². The van der Waals surface area contributed by atoms with Crippen LogP contribution in [0.1, 0.15) is 12.8 Å². The van der Waals surface area contributed by atoms with E-state index in [1.54, 1.807) is 19.4 Å². The van der Waals surface area contributed by atoms with Gasteiger partial charge in [-0.25, -0.2) is 9.97 Å². The number of rotatable bonds is 11. The SMILES string of the molecule is COc1cc2ncnc(NCC3=CC=C(C(=O)Nc4ccncc4N)CC=C3)c2cc1OCCCN1CCOCC1. The first-order valence-corrected chi connectivity index (χ1v) is 13.7. The van der Waals surface area contributed by atoms with Crippen LogP contribution in [0, 0.1) is 0 Å². The van der Waals surface area contributed by atoms with Crippen molar-refractivity contribution in [1.29, 1.82) is 0 Å². The number of nitrogens with one attached hydrogen (secondary N) is 2. The van der Waals surface area contributed by atoms with Crippen molar-refractivity contribution in [1.82, 2.24) is 19.9 Å². The number of nitrogen functional groups attached to an aromatic ring is 1. The second-order valence-corrected chi connectivity index (χ2v) is 9.71. The van der Waals surface area contributed by atoms with Gasteiger partial charge >= 0.3 is 0 Å². The van der Waals surface area contributed by atoms with Gasteiger partial charge in [0.1, 0.15) is 12.1 Å². The first-order valence-electron chi connectivity index (χ1n) is 13.7. The van der Waals surface area contributed by atoms with Crippen molar-refractivity contribution >= 4 is 34.0 Å². The maximum atomic E-state index is 12.8. The molecule has 1 saturated heterocycles. The molecule has 0 atom stereocenters. The first kappa shape index (κ1) is 28.1. The number of aromatic nitrogens is 3. The Balaban J connectivity index is 1.24. The molecule has 11 nitrogen and oxygen atoms in total. The molecule has 0 radical (unpaired) electrons. The zero-order valence-corrected chi connectivity index (χ0v) is 23.1. The summed E-state index contributed by atoms with van der Waals surface area (Å²) in [4.78, 5) is 28.0. The van der Waals surface area contributed by atoms with E-state index in [-0.39, 0.29) is 5.91 Å². The summed E-state index contributed by atoms with van der Waals surface area (Å²) in [6.07, 6.45) is 13.7. The van der Waals surface area contributed by atoms with Gasteiger partial charge in [-0.3, -0.25) is 14.7 Å². The van der Waals surface area contributed by atoms with E-state index in [2.05, 4.69) is 30.5 Å². The van der Waals surface area contributed by atoms with E-state index >= 15 is 0 Å². The molecular weight excluding hydrogens is 522 g/mol. The number of carbonyl (C=O) groups excluding carboxylic acids is 1. The Morgan fingerprint density at radius 2 is 2.05 bits per heavy atom. The summed E-state index contributed by atoms with van der Waals surface area (Å²) in [5.41, 5.74) is 9.24. The molecule has 2 aliphatic rings. The summed E-state index contributed by atoms with van der Waals surface area (Å²) in [6, 6.07) is 5.47. The fourth-order valence-electron chi connectivity index (χ4n) is 4.64. The number of nitrogens with zero attached hydrogens (tertiary/aromatic N) is 4. The average molecular weight is 558 g/mol. The molecule has 41 heavy (non-hydrogen) atoms. The predicted octanol–water partition coefficient (Wildman–Crippen LogP) is 3.58. The minimum Gasteiger partial charge on any atom is -0.493 e. The Morgan fingerprint density at radius 1 is 1.17 bits per heavy atom. The van der Waals surface area contributed by atoms with Crippen molar-refractivity contribution in [3.63, 3.8) is 0 Å². The highest BCUT2D eigenvalue weighted by molar-refractivity contribution is 6.05. The Kier molecular flexibility index (Phi) is 9.40. The van der Waals surface area contributed by atoms with Gasteiger partial charge < -0.3 is 30.6 Å². The molecule has 3 aromatic rings. The highest BCUT2D eigenvalue weighted by atomic mass is 16.5. The number of allylic oxidation sites excluding steroid dienone is 3. The standard InChI is InChI=1S/C30H35N7O4/c1-39-27-17-26-23(16-28(27)41-13-3-10-37-11-14-40-15-12-37)29(35-20-34-26)33-18-21-4-2-5-22(7-6-21)30(38)36-25-8-9-32-19-24(25)31/h2,4,6-9,16-17,19-20H,3,5,10-15,18,31H2,1H3,(H,32,36,38)(H,33,34,35). The third-order valence-corrected chi connectivity index (χ3v) is 6.92. The Bertz CT molecular complexity index is 1460. The number of ether oxygens (including phenoxy) is 3. The highest BCUT2D eigenvalue weighted by Crippen LogP contribution is 2.34. The maximum Gasteiger partial charge on any atom is 0.251 e. The Hall–Kier alpha value is -4.48. The predicted molar refractivity (Wildman–Crippen MR) is 159 cm³/mol. The molecule has 0 saturated carbocycles.